The molecule has 1 aromatic heterocycles. The number of halogens is 1. The van der Waals surface area contributed by atoms with Gasteiger partial charge in [0.2, 0.25) is 0 Å². The molecular weight excluding hydrogens is 332 g/mol. The summed E-state index contributed by atoms with van der Waals surface area (Å²) in [5.41, 5.74) is 3.46. The third-order valence-electron chi connectivity index (χ3n) is 4.26. The van der Waals surface area contributed by atoms with Gasteiger partial charge < -0.3 is 10.2 Å². The Morgan fingerprint density at radius 2 is 1.84 bits per heavy atom. The Bertz CT molecular complexity index is 782. The molecule has 1 N–H and O–H groups in total. The van der Waals surface area contributed by atoms with Crippen LogP contribution in [0.1, 0.15) is 17.2 Å². The molecule has 5 heteroatoms. The summed E-state index contributed by atoms with van der Waals surface area (Å²) < 4.78 is 1.86. The SMILES string of the molecule is CN(C)C(CNCc1ccc(-n2cccn2)cc1)c1ccccc1Cl. The average molecular weight is 355 g/mol. The van der Waals surface area contributed by atoms with Gasteiger partial charge in [-0.25, -0.2) is 4.68 Å². The highest BCUT2D eigenvalue weighted by Gasteiger charge is 2.16. The Morgan fingerprint density at radius 3 is 2.48 bits per heavy atom. The molecule has 1 unspecified atom stereocenters. The topological polar surface area (TPSA) is 33.1 Å². The summed E-state index contributed by atoms with van der Waals surface area (Å²) in [6, 6.07) is 18.6. The second-order valence-corrected chi connectivity index (χ2v) is 6.66. The quantitative estimate of drug-likeness (QED) is 0.698. The van der Waals surface area contributed by atoms with Crippen LogP contribution < -0.4 is 5.32 Å². The number of nitrogens with zero attached hydrogens (tertiary/aromatic N) is 3. The zero-order chi connectivity index (χ0) is 17.6. The van der Waals surface area contributed by atoms with Crippen LogP contribution in [0, 0.1) is 0 Å². The molecule has 0 aliphatic rings. The first-order valence-electron chi connectivity index (χ1n) is 8.35. The van der Waals surface area contributed by atoms with E-state index in [0.29, 0.717) is 0 Å². The first-order chi connectivity index (χ1) is 12.1. The highest BCUT2D eigenvalue weighted by Crippen LogP contribution is 2.25. The van der Waals surface area contributed by atoms with Gasteiger partial charge >= 0.3 is 0 Å². The number of likely N-dealkylation sites (N-methyl/N-ethyl adjacent to an activating group) is 1. The number of benzene rings is 2. The van der Waals surface area contributed by atoms with Crippen molar-refractivity contribution in [1.29, 1.82) is 0 Å². The fourth-order valence-electron chi connectivity index (χ4n) is 2.86. The number of aromatic nitrogens is 2. The molecule has 0 radical (unpaired) electrons. The van der Waals surface area contributed by atoms with Crippen molar-refractivity contribution < 1.29 is 0 Å². The van der Waals surface area contributed by atoms with Crippen molar-refractivity contribution in [3.8, 4) is 5.69 Å². The Balaban J connectivity index is 1.60. The lowest BCUT2D eigenvalue weighted by Gasteiger charge is -2.26. The second-order valence-electron chi connectivity index (χ2n) is 6.25. The highest BCUT2D eigenvalue weighted by atomic mass is 35.5. The van der Waals surface area contributed by atoms with Gasteiger partial charge in [-0.3, -0.25) is 0 Å². The Morgan fingerprint density at radius 1 is 1.08 bits per heavy atom. The van der Waals surface area contributed by atoms with Crippen LogP contribution in [0.3, 0.4) is 0 Å². The highest BCUT2D eigenvalue weighted by molar-refractivity contribution is 6.31. The summed E-state index contributed by atoms with van der Waals surface area (Å²) in [7, 11) is 4.16. The molecule has 3 rings (SSSR count). The lowest BCUT2D eigenvalue weighted by atomic mass is 10.1. The first-order valence-corrected chi connectivity index (χ1v) is 8.73. The third kappa shape index (κ3) is 4.48. The molecule has 3 aromatic rings. The molecule has 2 aromatic carbocycles. The van der Waals surface area contributed by atoms with Gasteiger partial charge in [-0.2, -0.15) is 5.10 Å². The zero-order valence-electron chi connectivity index (χ0n) is 14.6. The summed E-state index contributed by atoms with van der Waals surface area (Å²) in [6.45, 7) is 1.64. The fourth-order valence-corrected chi connectivity index (χ4v) is 3.12. The van der Waals surface area contributed by atoms with E-state index in [9.17, 15) is 0 Å². The maximum absolute atomic E-state index is 6.36. The van der Waals surface area contributed by atoms with E-state index in [1.54, 1.807) is 6.20 Å². The number of rotatable bonds is 7. The molecule has 0 fully saturated rings. The lowest BCUT2D eigenvalue weighted by Crippen LogP contribution is -2.31. The molecule has 0 aliphatic carbocycles. The predicted molar refractivity (Wildman–Crippen MR) is 103 cm³/mol. The van der Waals surface area contributed by atoms with Gasteiger partial charge in [0.1, 0.15) is 0 Å². The van der Waals surface area contributed by atoms with Crippen molar-refractivity contribution in [3.05, 3.63) is 83.1 Å². The molecule has 130 valence electrons. The van der Waals surface area contributed by atoms with Crippen LogP contribution >= 0.6 is 11.6 Å². The average Bonchev–Trinajstić information content (AvgIpc) is 3.14. The zero-order valence-corrected chi connectivity index (χ0v) is 15.3. The van der Waals surface area contributed by atoms with Gasteiger partial charge in [-0.1, -0.05) is 41.9 Å². The molecule has 1 atom stereocenters. The smallest absolute Gasteiger partial charge is 0.0645 e. The summed E-state index contributed by atoms with van der Waals surface area (Å²) in [5.74, 6) is 0. The Hall–Kier alpha value is -2.14. The van der Waals surface area contributed by atoms with Crippen LogP contribution in [0.2, 0.25) is 5.02 Å². The predicted octanol–water partition coefficient (Wildman–Crippen LogP) is 3.92. The van der Waals surface area contributed by atoms with E-state index < -0.39 is 0 Å². The summed E-state index contributed by atoms with van der Waals surface area (Å²) in [6.07, 6.45) is 3.73. The molecule has 0 bridgehead atoms. The molecule has 0 aliphatic heterocycles. The molecule has 4 nitrogen and oxygen atoms in total. The molecule has 0 spiro atoms. The van der Waals surface area contributed by atoms with Crippen molar-refractivity contribution in [3.63, 3.8) is 0 Å². The van der Waals surface area contributed by atoms with Gasteiger partial charge in [0.25, 0.3) is 0 Å². The molecule has 0 saturated heterocycles. The standard InChI is InChI=1S/C20H23ClN4/c1-24(2)20(18-6-3-4-7-19(18)21)15-22-14-16-8-10-17(11-9-16)25-13-5-12-23-25/h3-13,20,22H,14-15H2,1-2H3. The van der Waals surface area contributed by atoms with Crippen molar-refractivity contribution in [2.45, 2.75) is 12.6 Å². The van der Waals surface area contributed by atoms with Crippen LogP contribution in [0.5, 0.6) is 0 Å². The minimum Gasteiger partial charge on any atom is -0.311 e. The molecule has 0 saturated carbocycles. The number of hydrogen-bond donors (Lipinski definition) is 1. The second kappa shape index (κ2) is 8.30. The molecule has 0 amide bonds. The largest absolute Gasteiger partial charge is 0.311 e. The van der Waals surface area contributed by atoms with E-state index in [0.717, 1.165) is 29.4 Å². The van der Waals surface area contributed by atoms with Crippen molar-refractivity contribution in [1.82, 2.24) is 20.0 Å². The molecule has 1 heterocycles. The lowest BCUT2D eigenvalue weighted by molar-refractivity contribution is 0.288. The van der Waals surface area contributed by atoms with Crippen molar-refractivity contribution in [2.24, 2.45) is 0 Å². The van der Waals surface area contributed by atoms with Gasteiger partial charge in [-0.15, -0.1) is 0 Å². The minimum absolute atomic E-state index is 0.233. The fraction of sp³-hybridized carbons (Fsp3) is 0.250. The summed E-state index contributed by atoms with van der Waals surface area (Å²) in [4.78, 5) is 2.19. The van der Waals surface area contributed by atoms with Crippen LogP contribution in [0.25, 0.3) is 5.69 Å². The maximum atomic E-state index is 6.36. The minimum atomic E-state index is 0.233. The third-order valence-corrected chi connectivity index (χ3v) is 4.60. The van der Waals surface area contributed by atoms with Crippen LogP contribution in [-0.4, -0.2) is 35.3 Å². The van der Waals surface area contributed by atoms with Crippen molar-refractivity contribution >= 4 is 11.6 Å². The van der Waals surface area contributed by atoms with Crippen LogP contribution in [0.4, 0.5) is 0 Å². The van der Waals surface area contributed by atoms with Gasteiger partial charge in [-0.05, 0) is 49.5 Å². The molecular formula is C20H23ClN4. The maximum Gasteiger partial charge on any atom is 0.0645 e. The number of nitrogens with one attached hydrogen (secondary N) is 1. The molecule has 25 heavy (non-hydrogen) atoms. The summed E-state index contributed by atoms with van der Waals surface area (Å²) >= 11 is 6.36. The van der Waals surface area contributed by atoms with E-state index in [-0.39, 0.29) is 6.04 Å². The van der Waals surface area contributed by atoms with E-state index >= 15 is 0 Å². The van der Waals surface area contributed by atoms with Crippen molar-refractivity contribution in [2.75, 3.05) is 20.6 Å². The monoisotopic (exact) mass is 354 g/mol. The van der Waals surface area contributed by atoms with E-state index in [4.69, 9.17) is 11.6 Å². The first kappa shape index (κ1) is 17.7. The van der Waals surface area contributed by atoms with E-state index in [1.165, 1.54) is 5.56 Å². The Labute approximate surface area is 154 Å². The van der Waals surface area contributed by atoms with Gasteiger partial charge in [0, 0.05) is 36.5 Å². The Kier molecular flexibility index (Phi) is 5.87. The van der Waals surface area contributed by atoms with E-state index in [2.05, 4.69) is 59.7 Å². The number of hydrogen-bond acceptors (Lipinski definition) is 3. The van der Waals surface area contributed by atoms with Crippen LogP contribution in [-0.2, 0) is 6.54 Å². The van der Waals surface area contributed by atoms with E-state index in [1.807, 2.05) is 35.1 Å². The van der Waals surface area contributed by atoms with Gasteiger partial charge in [0.05, 0.1) is 5.69 Å². The summed E-state index contributed by atoms with van der Waals surface area (Å²) in [5, 5.41) is 8.60. The van der Waals surface area contributed by atoms with Crippen LogP contribution in [0.15, 0.2) is 67.0 Å². The van der Waals surface area contributed by atoms with Gasteiger partial charge in [0.15, 0.2) is 0 Å². The normalized spacial score (nSPS) is 12.5.